The number of rotatable bonds is 10. The van der Waals surface area contributed by atoms with Crippen LogP contribution in [0.1, 0.15) is 56.6 Å². The van der Waals surface area contributed by atoms with E-state index in [1.54, 1.807) is 0 Å². The molecule has 1 aliphatic carbocycles. The third-order valence-corrected chi connectivity index (χ3v) is 5.92. The van der Waals surface area contributed by atoms with Gasteiger partial charge in [0.1, 0.15) is 0 Å². The van der Waals surface area contributed by atoms with Crippen molar-refractivity contribution < 1.29 is 9.59 Å². The summed E-state index contributed by atoms with van der Waals surface area (Å²) in [6.45, 7) is 5.26. The van der Waals surface area contributed by atoms with Gasteiger partial charge in [-0.1, -0.05) is 44.2 Å². The second-order valence-corrected chi connectivity index (χ2v) is 8.67. The van der Waals surface area contributed by atoms with Gasteiger partial charge in [-0.2, -0.15) is 0 Å². The first-order chi connectivity index (χ1) is 14.9. The first-order valence-electron chi connectivity index (χ1n) is 11.4. The molecule has 0 bridgehead atoms. The zero-order chi connectivity index (χ0) is 22.4. The van der Waals surface area contributed by atoms with Crippen molar-refractivity contribution in [2.45, 2.75) is 52.0 Å². The molecule has 0 aliphatic heterocycles. The number of amides is 2. The number of benzene rings is 2. The van der Waals surface area contributed by atoms with E-state index in [-0.39, 0.29) is 17.7 Å². The minimum atomic E-state index is -0.134. The molecule has 0 heterocycles. The van der Waals surface area contributed by atoms with E-state index in [9.17, 15) is 9.59 Å². The molecule has 1 aliphatic rings. The van der Waals surface area contributed by atoms with Crippen LogP contribution in [0.3, 0.4) is 0 Å². The Bertz CT molecular complexity index is 891. The monoisotopic (exact) mass is 421 g/mol. The topological polar surface area (TPSA) is 52.7 Å². The first kappa shape index (κ1) is 22.9. The molecule has 1 N–H and O–H groups in total. The van der Waals surface area contributed by atoms with Crippen molar-refractivity contribution in [1.29, 1.82) is 0 Å². The third-order valence-electron chi connectivity index (χ3n) is 5.92. The number of carbonyl (C=O) groups excluding carboxylic acids is 2. The first-order valence-corrected chi connectivity index (χ1v) is 11.4. The minimum Gasteiger partial charge on any atom is -0.377 e. The maximum atomic E-state index is 13.7. The summed E-state index contributed by atoms with van der Waals surface area (Å²) < 4.78 is 0. The van der Waals surface area contributed by atoms with Crippen molar-refractivity contribution in [1.82, 2.24) is 4.90 Å². The molecule has 2 aromatic rings. The zero-order valence-corrected chi connectivity index (χ0v) is 19.2. The van der Waals surface area contributed by atoms with Gasteiger partial charge in [-0.3, -0.25) is 9.59 Å². The molecule has 5 heteroatoms. The van der Waals surface area contributed by atoms with Crippen LogP contribution in [-0.4, -0.2) is 37.4 Å². The van der Waals surface area contributed by atoms with E-state index >= 15 is 0 Å². The summed E-state index contributed by atoms with van der Waals surface area (Å²) in [4.78, 5) is 29.7. The summed E-state index contributed by atoms with van der Waals surface area (Å²) in [5.41, 5.74) is 3.97. The van der Waals surface area contributed by atoms with E-state index in [1.165, 1.54) is 12.8 Å². The van der Waals surface area contributed by atoms with Gasteiger partial charge >= 0.3 is 0 Å². The highest BCUT2D eigenvalue weighted by atomic mass is 16.2. The molecular weight excluding hydrogens is 386 g/mol. The number of nitrogens with zero attached hydrogens (tertiary/aromatic N) is 2. The maximum Gasteiger partial charge on any atom is 0.230 e. The third kappa shape index (κ3) is 6.09. The molecule has 1 atom stereocenters. The van der Waals surface area contributed by atoms with Gasteiger partial charge in [0, 0.05) is 45.0 Å². The molecule has 1 saturated carbocycles. The van der Waals surface area contributed by atoms with Crippen molar-refractivity contribution in [3.05, 3.63) is 59.7 Å². The Labute approximate surface area is 186 Å². The molecule has 1 unspecified atom stereocenters. The Morgan fingerprint density at radius 3 is 2.35 bits per heavy atom. The van der Waals surface area contributed by atoms with Gasteiger partial charge in [0.25, 0.3) is 0 Å². The van der Waals surface area contributed by atoms with Crippen molar-refractivity contribution in [3.8, 4) is 0 Å². The van der Waals surface area contributed by atoms with Crippen molar-refractivity contribution >= 4 is 23.2 Å². The lowest BCUT2D eigenvalue weighted by Gasteiger charge is -2.29. The smallest absolute Gasteiger partial charge is 0.230 e. The van der Waals surface area contributed by atoms with Gasteiger partial charge in [0.05, 0.1) is 5.92 Å². The van der Waals surface area contributed by atoms with E-state index in [0.29, 0.717) is 18.9 Å². The molecule has 2 amide bonds. The summed E-state index contributed by atoms with van der Waals surface area (Å²) in [5.74, 6) is 0.645. The van der Waals surface area contributed by atoms with Crippen LogP contribution in [0.25, 0.3) is 0 Å². The normalized spacial score (nSPS) is 14.1. The second-order valence-electron chi connectivity index (χ2n) is 8.67. The Kier molecular flexibility index (Phi) is 7.72. The van der Waals surface area contributed by atoms with E-state index in [0.717, 1.165) is 35.5 Å². The average Bonchev–Trinajstić information content (AvgIpc) is 3.58. The van der Waals surface area contributed by atoms with Crippen LogP contribution in [-0.2, 0) is 16.1 Å². The van der Waals surface area contributed by atoms with Crippen LogP contribution in [0.4, 0.5) is 11.4 Å². The highest BCUT2D eigenvalue weighted by molar-refractivity contribution is 5.91. The number of hydrogen-bond acceptors (Lipinski definition) is 3. The van der Waals surface area contributed by atoms with Crippen LogP contribution < -0.4 is 10.2 Å². The summed E-state index contributed by atoms with van der Waals surface area (Å²) in [6, 6.07) is 16.1. The highest BCUT2D eigenvalue weighted by Crippen LogP contribution is 2.33. The fraction of sp³-hybridized carbons (Fsp3) is 0.462. The Morgan fingerprint density at radius 2 is 1.77 bits per heavy atom. The molecule has 1 fully saturated rings. The Hall–Kier alpha value is -2.82. The molecular formula is C26H35N3O2. The highest BCUT2D eigenvalue weighted by Gasteiger charge is 2.31. The molecule has 0 saturated heterocycles. The Balaban J connectivity index is 1.89. The molecule has 0 aromatic heterocycles. The van der Waals surface area contributed by atoms with Crippen molar-refractivity contribution in [2.24, 2.45) is 5.92 Å². The lowest BCUT2D eigenvalue weighted by molar-refractivity contribution is -0.133. The van der Waals surface area contributed by atoms with Gasteiger partial charge in [-0.05, 0) is 54.5 Å². The van der Waals surface area contributed by atoms with E-state index in [2.05, 4.69) is 17.1 Å². The number of hydrogen-bond donors (Lipinski definition) is 1. The van der Waals surface area contributed by atoms with Gasteiger partial charge < -0.3 is 15.1 Å². The van der Waals surface area contributed by atoms with Crippen LogP contribution in [0, 0.1) is 5.92 Å². The van der Waals surface area contributed by atoms with Crippen LogP contribution in [0.15, 0.2) is 48.5 Å². The molecule has 166 valence electrons. The summed E-state index contributed by atoms with van der Waals surface area (Å²) >= 11 is 0. The van der Waals surface area contributed by atoms with Crippen LogP contribution >= 0.6 is 0 Å². The number of carbonyl (C=O) groups is 2. The molecule has 3 rings (SSSR count). The fourth-order valence-electron chi connectivity index (χ4n) is 3.98. The molecule has 0 radical (unpaired) electrons. The van der Waals surface area contributed by atoms with Gasteiger partial charge in [-0.25, -0.2) is 0 Å². The quantitative estimate of drug-likeness (QED) is 0.585. The average molecular weight is 422 g/mol. The van der Waals surface area contributed by atoms with Crippen LogP contribution in [0.2, 0.25) is 0 Å². The second kappa shape index (κ2) is 10.5. The van der Waals surface area contributed by atoms with E-state index in [1.807, 2.05) is 74.4 Å². The van der Waals surface area contributed by atoms with Crippen molar-refractivity contribution in [3.63, 3.8) is 0 Å². The summed E-state index contributed by atoms with van der Waals surface area (Å²) in [7, 11) is 4.02. The Morgan fingerprint density at radius 1 is 1.06 bits per heavy atom. The van der Waals surface area contributed by atoms with Gasteiger partial charge in [0.15, 0.2) is 0 Å². The lowest BCUT2D eigenvalue weighted by atomic mass is 9.94. The summed E-state index contributed by atoms with van der Waals surface area (Å²) in [5, 5.41) is 2.95. The predicted octanol–water partition coefficient (Wildman–Crippen LogP) is 5.03. The SMILES string of the molecule is CCC(=O)Nc1ccc(N(C)C)c(CN(CC2CC2)C(=O)C(CC)c2ccccc2)c1. The molecule has 31 heavy (non-hydrogen) atoms. The minimum absolute atomic E-state index is 0.00964. The van der Waals surface area contributed by atoms with E-state index in [4.69, 9.17) is 0 Å². The lowest BCUT2D eigenvalue weighted by Crippen LogP contribution is -2.36. The van der Waals surface area contributed by atoms with Crippen LogP contribution in [0.5, 0.6) is 0 Å². The molecule has 5 nitrogen and oxygen atoms in total. The van der Waals surface area contributed by atoms with Gasteiger partial charge in [0.2, 0.25) is 11.8 Å². The number of nitrogens with one attached hydrogen (secondary N) is 1. The van der Waals surface area contributed by atoms with Gasteiger partial charge in [-0.15, -0.1) is 0 Å². The van der Waals surface area contributed by atoms with E-state index < -0.39 is 0 Å². The molecule has 0 spiro atoms. The largest absolute Gasteiger partial charge is 0.377 e. The standard InChI is InChI=1S/C26H35N3O2/c1-5-23(20-10-8-7-9-11-20)26(31)29(17-19-12-13-19)18-21-16-22(27-25(30)6-2)14-15-24(21)28(3)4/h7-11,14-16,19,23H,5-6,12-13,17-18H2,1-4H3,(H,27,30). The fourth-order valence-corrected chi connectivity index (χ4v) is 3.98. The predicted molar refractivity (Wildman–Crippen MR) is 127 cm³/mol. The molecule has 2 aromatic carbocycles. The number of anilines is 2. The van der Waals surface area contributed by atoms with Crippen molar-refractivity contribution in [2.75, 3.05) is 30.9 Å². The summed E-state index contributed by atoms with van der Waals surface area (Å²) in [6.07, 6.45) is 3.60. The zero-order valence-electron chi connectivity index (χ0n) is 19.2. The maximum absolute atomic E-state index is 13.7.